The normalized spacial score (nSPS) is 21.3. The van der Waals surface area contributed by atoms with Crippen molar-refractivity contribution in [2.45, 2.75) is 51.8 Å². The molecule has 0 bridgehead atoms. The number of aromatic nitrogens is 4. The summed E-state index contributed by atoms with van der Waals surface area (Å²) in [6, 6.07) is 8.69. The van der Waals surface area contributed by atoms with Crippen LogP contribution in [-0.2, 0) is 11.3 Å². The van der Waals surface area contributed by atoms with Gasteiger partial charge in [-0.2, -0.15) is 0 Å². The van der Waals surface area contributed by atoms with Crippen molar-refractivity contribution in [1.82, 2.24) is 20.2 Å². The number of anilines is 1. The average Bonchev–Trinajstić information content (AvgIpc) is 3.45. The Hall–Kier alpha value is -2.19. The van der Waals surface area contributed by atoms with Gasteiger partial charge in [0.15, 0.2) is 0 Å². The smallest absolute Gasteiger partial charge is 0.209 e. The summed E-state index contributed by atoms with van der Waals surface area (Å²) in [4.78, 5) is 4.04. The first-order valence-corrected chi connectivity index (χ1v) is 11.2. The topological polar surface area (TPSA) is 69.7 Å². The molecule has 8 heteroatoms. The Morgan fingerprint density at radius 3 is 2.60 bits per heavy atom. The molecule has 0 unspecified atom stereocenters. The standard InChI is InChI=1S/C22H34N6O2/c1-17(2)15-21(22-23-24-25-28(22)16-20-5-4-14-30-20)27-12-10-26(11-13-27)18-6-8-19(29-3)9-7-18/h6-9,17,20-21H,4-5,10-16H2,1-3H3/p+1/t20-,21+/m0/s1. The summed E-state index contributed by atoms with van der Waals surface area (Å²) in [5, 5.41) is 12.8. The second kappa shape index (κ2) is 9.75. The number of nitrogens with zero attached hydrogens (tertiary/aromatic N) is 5. The molecule has 3 heterocycles. The molecule has 4 rings (SSSR count). The summed E-state index contributed by atoms with van der Waals surface area (Å²) < 4.78 is 13.1. The Morgan fingerprint density at radius 1 is 1.20 bits per heavy atom. The summed E-state index contributed by atoms with van der Waals surface area (Å²) in [5.41, 5.74) is 1.26. The minimum absolute atomic E-state index is 0.244. The van der Waals surface area contributed by atoms with Gasteiger partial charge in [0.1, 0.15) is 11.8 Å². The van der Waals surface area contributed by atoms with Crippen LogP contribution < -0.4 is 14.5 Å². The van der Waals surface area contributed by atoms with Gasteiger partial charge in [-0.3, -0.25) is 0 Å². The number of rotatable bonds is 8. The van der Waals surface area contributed by atoms with Crippen LogP contribution in [0.25, 0.3) is 0 Å². The number of hydrogen-bond donors (Lipinski definition) is 1. The quantitative estimate of drug-likeness (QED) is 0.702. The lowest BCUT2D eigenvalue weighted by atomic mass is 10.0. The molecule has 2 aromatic rings. The molecule has 2 aliphatic rings. The van der Waals surface area contributed by atoms with Crippen LogP contribution in [0.2, 0.25) is 0 Å². The van der Waals surface area contributed by atoms with Crippen LogP contribution in [-0.4, -0.2) is 66.2 Å². The maximum absolute atomic E-state index is 5.83. The Labute approximate surface area is 179 Å². The molecule has 0 spiro atoms. The van der Waals surface area contributed by atoms with Crippen LogP contribution in [0, 0.1) is 5.92 Å². The highest BCUT2D eigenvalue weighted by Crippen LogP contribution is 2.21. The molecule has 30 heavy (non-hydrogen) atoms. The lowest BCUT2D eigenvalue weighted by Crippen LogP contribution is -3.15. The fourth-order valence-electron chi connectivity index (χ4n) is 4.69. The van der Waals surface area contributed by atoms with Crippen LogP contribution >= 0.6 is 0 Å². The Bertz CT molecular complexity index is 779. The summed E-state index contributed by atoms with van der Waals surface area (Å²) in [5.74, 6) is 2.51. The molecule has 2 saturated heterocycles. The first-order valence-electron chi connectivity index (χ1n) is 11.2. The number of quaternary nitrogens is 1. The van der Waals surface area contributed by atoms with E-state index >= 15 is 0 Å². The zero-order valence-corrected chi connectivity index (χ0v) is 18.5. The Kier molecular flexibility index (Phi) is 6.84. The molecule has 164 valence electrons. The third-order valence-electron chi connectivity index (χ3n) is 6.31. The van der Waals surface area contributed by atoms with Crippen LogP contribution in [0.3, 0.4) is 0 Å². The minimum Gasteiger partial charge on any atom is -0.497 e. The number of hydrogen-bond acceptors (Lipinski definition) is 6. The minimum atomic E-state index is 0.244. The summed E-state index contributed by atoms with van der Waals surface area (Å²) in [6.45, 7) is 10.4. The largest absolute Gasteiger partial charge is 0.497 e. The molecule has 2 atom stereocenters. The fourth-order valence-corrected chi connectivity index (χ4v) is 4.69. The third kappa shape index (κ3) is 4.92. The van der Waals surface area contributed by atoms with Crippen molar-refractivity contribution in [2.24, 2.45) is 5.92 Å². The molecule has 0 aliphatic carbocycles. The highest BCUT2D eigenvalue weighted by atomic mass is 16.5. The zero-order chi connectivity index (χ0) is 20.9. The summed E-state index contributed by atoms with van der Waals surface area (Å²) >= 11 is 0. The van der Waals surface area contributed by atoms with Crippen molar-refractivity contribution in [1.29, 1.82) is 0 Å². The number of benzene rings is 1. The van der Waals surface area contributed by atoms with E-state index in [0.717, 1.165) is 70.2 Å². The van der Waals surface area contributed by atoms with Gasteiger partial charge in [0.25, 0.3) is 0 Å². The summed E-state index contributed by atoms with van der Waals surface area (Å²) in [6.07, 6.45) is 3.57. The van der Waals surface area contributed by atoms with E-state index < -0.39 is 0 Å². The van der Waals surface area contributed by atoms with Crippen LogP contribution in [0.1, 0.15) is 45.0 Å². The van der Waals surface area contributed by atoms with Crippen molar-refractivity contribution in [3.8, 4) is 5.75 Å². The van der Waals surface area contributed by atoms with E-state index in [0.29, 0.717) is 12.0 Å². The molecule has 0 amide bonds. The van der Waals surface area contributed by atoms with Gasteiger partial charge >= 0.3 is 0 Å². The van der Waals surface area contributed by atoms with Gasteiger partial charge in [-0.1, -0.05) is 13.8 Å². The number of piperazine rings is 1. The second-order valence-corrected chi connectivity index (χ2v) is 8.88. The predicted molar refractivity (Wildman–Crippen MR) is 115 cm³/mol. The zero-order valence-electron chi connectivity index (χ0n) is 18.5. The van der Waals surface area contributed by atoms with Crippen molar-refractivity contribution in [3.05, 3.63) is 30.1 Å². The van der Waals surface area contributed by atoms with Gasteiger partial charge in [0, 0.05) is 18.7 Å². The molecule has 1 aromatic carbocycles. The molecule has 2 fully saturated rings. The SMILES string of the molecule is COc1ccc(N2CC[NH+]([C@H](CC(C)C)c3nnnn3C[C@@H]3CCCO3)CC2)cc1. The lowest BCUT2D eigenvalue weighted by Gasteiger charge is -2.37. The number of ether oxygens (including phenoxy) is 2. The number of nitrogens with one attached hydrogen (secondary N) is 1. The second-order valence-electron chi connectivity index (χ2n) is 8.88. The van der Waals surface area contributed by atoms with Gasteiger partial charge in [0.05, 0.1) is 45.9 Å². The maximum Gasteiger partial charge on any atom is 0.209 e. The van der Waals surface area contributed by atoms with Crippen LogP contribution in [0.5, 0.6) is 5.75 Å². The van der Waals surface area contributed by atoms with Crippen molar-refractivity contribution < 1.29 is 14.4 Å². The Morgan fingerprint density at radius 2 is 1.97 bits per heavy atom. The molecular weight excluding hydrogens is 380 g/mol. The van der Waals surface area contributed by atoms with E-state index in [4.69, 9.17) is 9.47 Å². The van der Waals surface area contributed by atoms with Crippen molar-refractivity contribution >= 4 is 5.69 Å². The maximum atomic E-state index is 5.83. The average molecular weight is 416 g/mol. The highest BCUT2D eigenvalue weighted by Gasteiger charge is 2.34. The van der Waals surface area contributed by atoms with Gasteiger partial charge in [-0.05, 0) is 53.5 Å². The Balaban J connectivity index is 1.44. The molecule has 1 aromatic heterocycles. The molecular formula is C22H35N6O2+. The van der Waals surface area contributed by atoms with Gasteiger partial charge in [-0.15, -0.1) is 5.10 Å². The lowest BCUT2D eigenvalue weighted by molar-refractivity contribution is -0.934. The molecule has 0 radical (unpaired) electrons. The number of methoxy groups -OCH3 is 1. The van der Waals surface area contributed by atoms with E-state index in [1.165, 1.54) is 5.69 Å². The summed E-state index contributed by atoms with van der Waals surface area (Å²) in [7, 11) is 1.71. The van der Waals surface area contributed by atoms with Gasteiger partial charge in [0.2, 0.25) is 5.82 Å². The highest BCUT2D eigenvalue weighted by molar-refractivity contribution is 5.49. The van der Waals surface area contributed by atoms with E-state index in [2.05, 4.69) is 46.4 Å². The molecule has 2 aliphatic heterocycles. The molecule has 1 N–H and O–H groups in total. The predicted octanol–water partition coefficient (Wildman–Crippen LogP) is 1.35. The molecule has 8 nitrogen and oxygen atoms in total. The van der Waals surface area contributed by atoms with E-state index in [1.54, 1.807) is 12.0 Å². The molecule has 0 saturated carbocycles. The van der Waals surface area contributed by atoms with E-state index in [-0.39, 0.29) is 6.10 Å². The van der Waals surface area contributed by atoms with Crippen molar-refractivity contribution in [2.75, 3.05) is 44.8 Å². The monoisotopic (exact) mass is 415 g/mol. The van der Waals surface area contributed by atoms with Gasteiger partial charge < -0.3 is 19.3 Å². The van der Waals surface area contributed by atoms with Crippen molar-refractivity contribution in [3.63, 3.8) is 0 Å². The van der Waals surface area contributed by atoms with Crippen LogP contribution in [0.15, 0.2) is 24.3 Å². The van der Waals surface area contributed by atoms with E-state index in [9.17, 15) is 0 Å². The number of tetrazole rings is 1. The first-order chi connectivity index (χ1) is 14.6. The fraction of sp³-hybridized carbons (Fsp3) is 0.682. The van der Waals surface area contributed by atoms with E-state index in [1.807, 2.05) is 16.8 Å². The first kappa shape index (κ1) is 21.1. The van der Waals surface area contributed by atoms with Gasteiger partial charge in [-0.25, -0.2) is 4.68 Å². The van der Waals surface area contributed by atoms with Crippen LogP contribution in [0.4, 0.5) is 5.69 Å². The third-order valence-corrected chi connectivity index (χ3v) is 6.31.